The average molecular weight is 250 g/mol. The Bertz CT molecular complexity index is 530. The van der Waals surface area contributed by atoms with Gasteiger partial charge in [0.25, 0.3) is 0 Å². The fourth-order valence-corrected chi connectivity index (χ4v) is 2.38. The summed E-state index contributed by atoms with van der Waals surface area (Å²) in [6.07, 6.45) is 2.29. The average Bonchev–Trinajstić information content (AvgIpc) is 2.75. The Morgan fingerprint density at radius 3 is 2.94 bits per heavy atom. The molecule has 0 unspecified atom stereocenters. The van der Waals surface area contributed by atoms with Gasteiger partial charge in [-0.25, -0.2) is 4.79 Å². The standard InChI is InChI=1S/C12H8ClNOS/c13-10-3-4-12(14-8-15)9(6-10)7-11-2-1-5-16-11/h1-6H,7H2. The lowest BCUT2D eigenvalue weighted by molar-refractivity contribution is 0.565. The molecule has 80 valence electrons. The summed E-state index contributed by atoms with van der Waals surface area (Å²) < 4.78 is 0. The Morgan fingerprint density at radius 2 is 2.25 bits per heavy atom. The summed E-state index contributed by atoms with van der Waals surface area (Å²) in [5, 5.41) is 2.67. The van der Waals surface area contributed by atoms with Crippen LogP contribution in [0.25, 0.3) is 0 Å². The summed E-state index contributed by atoms with van der Waals surface area (Å²) in [6.45, 7) is 0. The molecule has 0 radical (unpaired) electrons. The number of carbonyl (C=O) groups excluding carboxylic acids is 1. The van der Waals surface area contributed by atoms with Gasteiger partial charge in [-0.3, -0.25) is 0 Å². The lowest BCUT2D eigenvalue weighted by Crippen LogP contribution is -1.85. The fourth-order valence-electron chi connectivity index (χ4n) is 1.45. The summed E-state index contributed by atoms with van der Waals surface area (Å²) in [6, 6.07) is 9.32. The lowest BCUT2D eigenvalue weighted by Gasteiger charge is -2.03. The first-order valence-electron chi connectivity index (χ1n) is 4.68. The van der Waals surface area contributed by atoms with Crippen LogP contribution in [0.1, 0.15) is 10.4 Å². The Morgan fingerprint density at radius 1 is 1.38 bits per heavy atom. The maximum atomic E-state index is 10.3. The number of aliphatic imine (C=N–C) groups is 1. The predicted molar refractivity (Wildman–Crippen MR) is 66.4 cm³/mol. The third-order valence-electron chi connectivity index (χ3n) is 2.15. The first-order valence-corrected chi connectivity index (χ1v) is 5.94. The second-order valence-electron chi connectivity index (χ2n) is 3.23. The fraction of sp³-hybridized carbons (Fsp3) is 0.0833. The molecule has 0 atom stereocenters. The van der Waals surface area contributed by atoms with Crippen LogP contribution in [0.15, 0.2) is 40.7 Å². The Kier molecular flexibility index (Phi) is 3.52. The van der Waals surface area contributed by atoms with E-state index in [2.05, 4.69) is 4.99 Å². The smallest absolute Gasteiger partial charge is 0.211 e. The summed E-state index contributed by atoms with van der Waals surface area (Å²) in [5.41, 5.74) is 1.58. The van der Waals surface area contributed by atoms with Crippen molar-refractivity contribution in [3.63, 3.8) is 0 Å². The van der Waals surface area contributed by atoms with Crippen molar-refractivity contribution in [3.05, 3.63) is 51.2 Å². The zero-order valence-corrected chi connectivity index (χ0v) is 9.89. The molecule has 1 aromatic heterocycles. The molecule has 4 heteroatoms. The van der Waals surface area contributed by atoms with E-state index in [4.69, 9.17) is 11.6 Å². The Labute approximate surface area is 102 Å². The van der Waals surface area contributed by atoms with Crippen molar-refractivity contribution in [1.29, 1.82) is 0 Å². The maximum Gasteiger partial charge on any atom is 0.240 e. The molecular weight excluding hydrogens is 242 g/mol. The van der Waals surface area contributed by atoms with Gasteiger partial charge in [0.05, 0.1) is 5.69 Å². The molecule has 1 heterocycles. The minimum atomic E-state index is 0.632. The van der Waals surface area contributed by atoms with Crippen molar-refractivity contribution < 1.29 is 4.79 Å². The highest BCUT2D eigenvalue weighted by molar-refractivity contribution is 7.09. The van der Waals surface area contributed by atoms with Crippen LogP contribution in [0.3, 0.4) is 0 Å². The van der Waals surface area contributed by atoms with Crippen LogP contribution in [0, 0.1) is 0 Å². The van der Waals surface area contributed by atoms with Crippen molar-refractivity contribution in [1.82, 2.24) is 0 Å². The van der Waals surface area contributed by atoms with Gasteiger partial charge in [0, 0.05) is 16.3 Å². The van der Waals surface area contributed by atoms with Crippen molar-refractivity contribution >= 4 is 34.7 Å². The molecule has 16 heavy (non-hydrogen) atoms. The van der Waals surface area contributed by atoms with Crippen molar-refractivity contribution in [2.45, 2.75) is 6.42 Å². The monoisotopic (exact) mass is 249 g/mol. The molecule has 0 aliphatic rings. The topological polar surface area (TPSA) is 29.4 Å². The van der Waals surface area contributed by atoms with E-state index in [1.54, 1.807) is 29.5 Å². The number of isocyanates is 1. The minimum Gasteiger partial charge on any atom is -0.211 e. The van der Waals surface area contributed by atoms with Gasteiger partial charge in [0.2, 0.25) is 6.08 Å². The SMILES string of the molecule is O=C=Nc1ccc(Cl)cc1Cc1cccs1. The van der Waals surface area contributed by atoms with E-state index in [1.165, 1.54) is 4.88 Å². The van der Waals surface area contributed by atoms with Crippen LogP contribution in [0.4, 0.5) is 5.69 Å². The number of thiophene rings is 1. The zero-order chi connectivity index (χ0) is 11.4. The van der Waals surface area contributed by atoms with E-state index in [1.807, 2.05) is 23.6 Å². The quantitative estimate of drug-likeness (QED) is 0.598. The van der Waals surface area contributed by atoms with Crippen molar-refractivity contribution in [2.24, 2.45) is 4.99 Å². The zero-order valence-electron chi connectivity index (χ0n) is 8.31. The van der Waals surface area contributed by atoms with Crippen molar-refractivity contribution in [3.8, 4) is 0 Å². The molecule has 2 nitrogen and oxygen atoms in total. The lowest BCUT2D eigenvalue weighted by atomic mass is 10.1. The third kappa shape index (κ3) is 2.58. The normalized spacial score (nSPS) is 9.81. The van der Waals surface area contributed by atoms with Gasteiger partial charge in [-0.05, 0) is 35.2 Å². The second-order valence-corrected chi connectivity index (χ2v) is 4.70. The van der Waals surface area contributed by atoms with Gasteiger partial charge in [0.1, 0.15) is 0 Å². The maximum absolute atomic E-state index is 10.3. The first-order chi connectivity index (χ1) is 7.79. The molecule has 0 saturated carbocycles. The Hall–Kier alpha value is -1.41. The molecule has 0 aliphatic heterocycles. The molecule has 2 aromatic rings. The molecule has 0 fully saturated rings. The van der Waals surface area contributed by atoms with Gasteiger partial charge >= 0.3 is 0 Å². The summed E-state index contributed by atoms with van der Waals surface area (Å²) in [4.78, 5) is 15.2. The van der Waals surface area contributed by atoms with Gasteiger partial charge in [0.15, 0.2) is 0 Å². The minimum absolute atomic E-state index is 0.632. The third-order valence-corrected chi connectivity index (χ3v) is 3.26. The molecule has 0 aliphatic carbocycles. The molecule has 0 saturated heterocycles. The Balaban J connectivity index is 2.37. The van der Waals surface area contributed by atoms with E-state index in [0.717, 1.165) is 12.0 Å². The van der Waals surface area contributed by atoms with Gasteiger partial charge in [-0.2, -0.15) is 4.99 Å². The summed E-state index contributed by atoms with van der Waals surface area (Å²) >= 11 is 7.59. The highest BCUT2D eigenvalue weighted by Gasteiger charge is 2.04. The number of rotatable bonds is 3. The van der Waals surface area contributed by atoms with Crippen LogP contribution in [0.2, 0.25) is 5.02 Å². The van der Waals surface area contributed by atoms with Gasteiger partial charge in [-0.1, -0.05) is 17.7 Å². The van der Waals surface area contributed by atoms with E-state index in [-0.39, 0.29) is 0 Å². The molecule has 0 spiro atoms. The number of hydrogen-bond donors (Lipinski definition) is 0. The summed E-state index contributed by atoms with van der Waals surface area (Å²) in [5.74, 6) is 0. The van der Waals surface area contributed by atoms with E-state index >= 15 is 0 Å². The second kappa shape index (κ2) is 5.08. The molecule has 0 amide bonds. The van der Waals surface area contributed by atoms with Crippen LogP contribution in [0.5, 0.6) is 0 Å². The van der Waals surface area contributed by atoms with Crippen LogP contribution in [-0.4, -0.2) is 6.08 Å². The first kappa shape index (κ1) is 11.1. The largest absolute Gasteiger partial charge is 0.240 e. The molecular formula is C12H8ClNOS. The predicted octanol–water partition coefficient (Wildman–Crippen LogP) is 3.96. The van der Waals surface area contributed by atoms with Crippen LogP contribution >= 0.6 is 22.9 Å². The van der Waals surface area contributed by atoms with Crippen LogP contribution in [-0.2, 0) is 11.2 Å². The van der Waals surface area contributed by atoms with Crippen LogP contribution < -0.4 is 0 Å². The number of hydrogen-bond acceptors (Lipinski definition) is 3. The van der Waals surface area contributed by atoms with E-state index < -0.39 is 0 Å². The highest BCUT2D eigenvalue weighted by atomic mass is 35.5. The highest BCUT2D eigenvalue weighted by Crippen LogP contribution is 2.26. The molecule has 2 rings (SSSR count). The van der Waals surface area contributed by atoms with E-state index in [9.17, 15) is 4.79 Å². The molecule has 0 N–H and O–H groups in total. The van der Waals surface area contributed by atoms with Crippen molar-refractivity contribution in [2.75, 3.05) is 0 Å². The van der Waals surface area contributed by atoms with Gasteiger partial charge < -0.3 is 0 Å². The number of benzene rings is 1. The number of halogens is 1. The van der Waals surface area contributed by atoms with Gasteiger partial charge in [-0.15, -0.1) is 11.3 Å². The molecule has 0 bridgehead atoms. The van der Waals surface area contributed by atoms with E-state index in [0.29, 0.717) is 10.7 Å². The summed E-state index contributed by atoms with van der Waals surface area (Å²) in [7, 11) is 0. The molecule has 1 aromatic carbocycles. The number of nitrogens with zero attached hydrogens (tertiary/aromatic N) is 1.